The molecule has 0 aliphatic heterocycles. The molecule has 0 bridgehead atoms. The van der Waals surface area contributed by atoms with Crippen LogP contribution in [-0.2, 0) is 19.4 Å². The van der Waals surface area contributed by atoms with Gasteiger partial charge in [-0.05, 0) is 31.9 Å². The third-order valence-corrected chi connectivity index (χ3v) is 4.52. The van der Waals surface area contributed by atoms with Crippen LogP contribution < -0.4 is 0 Å². The Morgan fingerprint density at radius 2 is 1.79 bits per heavy atom. The first-order valence-corrected chi connectivity index (χ1v) is 8.15. The van der Waals surface area contributed by atoms with Crippen molar-refractivity contribution in [1.82, 2.24) is 0 Å². The van der Waals surface area contributed by atoms with E-state index < -0.39 is 9.84 Å². The van der Waals surface area contributed by atoms with Gasteiger partial charge < -0.3 is 4.74 Å². The van der Waals surface area contributed by atoms with E-state index in [9.17, 15) is 13.2 Å². The number of carbonyl (C=O) groups is 1. The molecule has 0 atom stereocenters. The number of carbonyl (C=O) groups excluding carboxylic acids is 1. The van der Waals surface area contributed by atoms with Gasteiger partial charge >= 0.3 is 5.97 Å². The summed E-state index contributed by atoms with van der Waals surface area (Å²) in [5.41, 5.74) is 0. The van der Waals surface area contributed by atoms with Crippen molar-refractivity contribution in [3.8, 4) is 0 Å². The van der Waals surface area contributed by atoms with E-state index in [0.29, 0.717) is 37.2 Å². The van der Waals surface area contributed by atoms with Crippen LogP contribution >= 0.6 is 0 Å². The van der Waals surface area contributed by atoms with Gasteiger partial charge in [-0.3, -0.25) is 4.79 Å². The minimum atomic E-state index is -3.19. The number of ether oxygens (including phenoxy) is 1. The van der Waals surface area contributed by atoms with Gasteiger partial charge in [-0.25, -0.2) is 8.42 Å². The van der Waals surface area contributed by atoms with Crippen molar-refractivity contribution in [3.63, 3.8) is 0 Å². The number of hydrogen-bond acceptors (Lipinski definition) is 4. The molecule has 1 aromatic carbocycles. The minimum absolute atomic E-state index is 0.125. The average molecular weight is 284 g/mol. The Morgan fingerprint density at radius 3 is 2.42 bits per heavy atom. The van der Waals surface area contributed by atoms with E-state index in [0.717, 1.165) is 0 Å². The van der Waals surface area contributed by atoms with Crippen molar-refractivity contribution in [1.29, 1.82) is 0 Å². The average Bonchev–Trinajstić information content (AvgIpc) is 2.39. The SMILES string of the molecule is CCOC(=O)CCCCCS(=O)(=O)c1ccccc1. The van der Waals surface area contributed by atoms with Crippen LogP contribution in [0.15, 0.2) is 35.2 Å². The number of sulfone groups is 1. The second kappa shape index (κ2) is 7.94. The maximum Gasteiger partial charge on any atom is 0.305 e. The van der Waals surface area contributed by atoms with Gasteiger partial charge in [0.05, 0.1) is 17.3 Å². The highest BCUT2D eigenvalue weighted by molar-refractivity contribution is 7.91. The molecule has 19 heavy (non-hydrogen) atoms. The topological polar surface area (TPSA) is 60.4 Å². The molecule has 106 valence electrons. The van der Waals surface area contributed by atoms with Crippen LogP contribution in [0.1, 0.15) is 32.6 Å². The molecule has 0 amide bonds. The molecule has 0 spiro atoms. The van der Waals surface area contributed by atoms with Crippen LogP contribution in [0.2, 0.25) is 0 Å². The molecule has 0 aromatic heterocycles. The molecule has 1 rings (SSSR count). The number of hydrogen-bond donors (Lipinski definition) is 0. The Balaban J connectivity index is 2.28. The molecule has 0 aliphatic rings. The second-order valence-electron chi connectivity index (χ2n) is 4.25. The van der Waals surface area contributed by atoms with Gasteiger partial charge in [0.1, 0.15) is 0 Å². The van der Waals surface area contributed by atoms with Gasteiger partial charge in [-0.1, -0.05) is 24.6 Å². The van der Waals surface area contributed by atoms with Crippen LogP contribution in [0.25, 0.3) is 0 Å². The van der Waals surface area contributed by atoms with E-state index in [-0.39, 0.29) is 11.7 Å². The maximum absolute atomic E-state index is 11.9. The summed E-state index contributed by atoms with van der Waals surface area (Å²) in [4.78, 5) is 11.4. The standard InChI is InChI=1S/C14H20O4S/c1-2-18-14(15)11-7-4-8-12-19(16,17)13-9-5-3-6-10-13/h3,5-6,9-10H,2,4,7-8,11-12H2,1H3. The first-order chi connectivity index (χ1) is 9.06. The zero-order chi connectivity index (χ0) is 14.1. The van der Waals surface area contributed by atoms with Gasteiger partial charge in [-0.2, -0.15) is 0 Å². The summed E-state index contributed by atoms with van der Waals surface area (Å²) < 4.78 is 28.7. The molecule has 0 fully saturated rings. The van der Waals surface area contributed by atoms with Gasteiger partial charge in [0.15, 0.2) is 9.84 Å². The minimum Gasteiger partial charge on any atom is -0.466 e. The maximum atomic E-state index is 11.9. The summed E-state index contributed by atoms with van der Waals surface area (Å²) in [5, 5.41) is 0. The van der Waals surface area contributed by atoms with Crippen molar-refractivity contribution in [2.75, 3.05) is 12.4 Å². The van der Waals surface area contributed by atoms with Crippen LogP contribution in [0.3, 0.4) is 0 Å². The Bertz CT molecular complexity index is 479. The zero-order valence-electron chi connectivity index (χ0n) is 11.2. The van der Waals surface area contributed by atoms with E-state index >= 15 is 0 Å². The Labute approximate surface area is 114 Å². The second-order valence-corrected chi connectivity index (χ2v) is 6.36. The third kappa shape index (κ3) is 5.87. The fourth-order valence-electron chi connectivity index (χ4n) is 1.72. The molecule has 0 aliphatic carbocycles. The lowest BCUT2D eigenvalue weighted by molar-refractivity contribution is -0.143. The van der Waals surface area contributed by atoms with E-state index in [4.69, 9.17) is 4.74 Å². The molecule has 0 unspecified atom stereocenters. The predicted octanol–water partition coefficient (Wildman–Crippen LogP) is 2.58. The summed E-state index contributed by atoms with van der Waals surface area (Å²) in [5.74, 6) is -0.0896. The van der Waals surface area contributed by atoms with Crippen LogP contribution in [0.4, 0.5) is 0 Å². The molecule has 5 heteroatoms. The number of esters is 1. The lowest BCUT2D eigenvalue weighted by atomic mass is 10.2. The van der Waals surface area contributed by atoms with Crippen molar-refractivity contribution in [2.24, 2.45) is 0 Å². The van der Waals surface area contributed by atoms with Crippen LogP contribution in [0, 0.1) is 0 Å². The largest absolute Gasteiger partial charge is 0.466 e. The summed E-state index contributed by atoms with van der Waals surface area (Å²) >= 11 is 0. The monoisotopic (exact) mass is 284 g/mol. The molecule has 0 saturated carbocycles. The highest BCUT2D eigenvalue weighted by Crippen LogP contribution is 2.13. The van der Waals surface area contributed by atoms with E-state index in [1.807, 2.05) is 0 Å². The molecule has 1 aromatic rings. The lowest BCUT2D eigenvalue weighted by Gasteiger charge is -2.04. The van der Waals surface area contributed by atoms with Crippen LogP contribution in [0.5, 0.6) is 0 Å². The highest BCUT2D eigenvalue weighted by atomic mass is 32.2. The first-order valence-electron chi connectivity index (χ1n) is 6.49. The normalized spacial score (nSPS) is 11.2. The van der Waals surface area contributed by atoms with Crippen molar-refractivity contribution >= 4 is 15.8 Å². The van der Waals surface area contributed by atoms with Gasteiger partial charge in [0.25, 0.3) is 0 Å². The smallest absolute Gasteiger partial charge is 0.305 e. The molecule has 4 nitrogen and oxygen atoms in total. The summed E-state index contributed by atoms with van der Waals surface area (Å²) in [7, 11) is -3.19. The molecule has 0 N–H and O–H groups in total. The van der Waals surface area contributed by atoms with Crippen LogP contribution in [-0.4, -0.2) is 26.7 Å². The Kier molecular flexibility index (Phi) is 6.56. The van der Waals surface area contributed by atoms with E-state index in [1.54, 1.807) is 37.3 Å². The van der Waals surface area contributed by atoms with Gasteiger partial charge in [0, 0.05) is 6.42 Å². The molecular weight excluding hydrogens is 264 g/mol. The van der Waals surface area contributed by atoms with Gasteiger partial charge in [-0.15, -0.1) is 0 Å². The first kappa shape index (κ1) is 15.7. The third-order valence-electron chi connectivity index (χ3n) is 2.70. The fraction of sp³-hybridized carbons (Fsp3) is 0.500. The summed E-state index contributed by atoms with van der Waals surface area (Å²) in [6.07, 6.45) is 2.31. The predicted molar refractivity (Wildman–Crippen MR) is 73.6 cm³/mol. The molecule has 0 saturated heterocycles. The van der Waals surface area contributed by atoms with Crippen molar-refractivity contribution in [3.05, 3.63) is 30.3 Å². The van der Waals surface area contributed by atoms with Crippen molar-refractivity contribution < 1.29 is 17.9 Å². The molecule has 0 heterocycles. The lowest BCUT2D eigenvalue weighted by Crippen LogP contribution is -2.07. The number of benzene rings is 1. The van der Waals surface area contributed by atoms with E-state index in [2.05, 4.69) is 0 Å². The summed E-state index contributed by atoms with van der Waals surface area (Å²) in [6, 6.07) is 8.43. The summed E-state index contributed by atoms with van der Waals surface area (Å²) in [6.45, 7) is 2.16. The van der Waals surface area contributed by atoms with Gasteiger partial charge in [0.2, 0.25) is 0 Å². The van der Waals surface area contributed by atoms with E-state index in [1.165, 1.54) is 0 Å². The fourth-order valence-corrected chi connectivity index (χ4v) is 3.11. The zero-order valence-corrected chi connectivity index (χ0v) is 12.0. The molecular formula is C14H20O4S. The Morgan fingerprint density at radius 1 is 1.11 bits per heavy atom. The number of rotatable bonds is 8. The number of unbranched alkanes of at least 4 members (excludes halogenated alkanes) is 2. The molecule has 0 radical (unpaired) electrons. The highest BCUT2D eigenvalue weighted by Gasteiger charge is 2.13. The Hall–Kier alpha value is -1.36. The van der Waals surface area contributed by atoms with Crippen molar-refractivity contribution in [2.45, 2.75) is 37.5 Å². The quantitative estimate of drug-likeness (QED) is 0.544.